The lowest BCUT2D eigenvalue weighted by atomic mass is 9.86. The van der Waals surface area contributed by atoms with Gasteiger partial charge in [-0.1, -0.05) is 62.7 Å². The predicted octanol–water partition coefficient (Wildman–Crippen LogP) is 4.89. The van der Waals surface area contributed by atoms with Gasteiger partial charge in [0.2, 0.25) is 0 Å². The molecule has 0 amide bonds. The van der Waals surface area contributed by atoms with Crippen LogP contribution in [0.5, 0.6) is 0 Å². The summed E-state index contributed by atoms with van der Waals surface area (Å²) in [6.07, 6.45) is 0. The van der Waals surface area contributed by atoms with Gasteiger partial charge in [-0.05, 0) is 34.2 Å². The van der Waals surface area contributed by atoms with Gasteiger partial charge in [-0.25, -0.2) is 0 Å². The standard InChI is InChI=1S/C16H18ClN/c1-16(2,3)13-7-4-11(5-8-13)12-6-9-14(17)15(18)10-12/h4-10H,18H2,1-3H3. The number of nitrogens with two attached hydrogens (primary N) is 1. The first kappa shape index (κ1) is 13.0. The second-order valence-corrected chi connectivity index (χ2v) is 5.97. The van der Waals surface area contributed by atoms with E-state index in [1.54, 1.807) is 0 Å². The Kier molecular flexibility index (Phi) is 3.36. The average Bonchev–Trinajstić information content (AvgIpc) is 2.32. The molecule has 2 aromatic carbocycles. The van der Waals surface area contributed by atoms with Crippen molar-refractivity contribution in [3.05, 3.63) is 53.1 Å². The molecule has 0 aromatic heterocycles. The molecule has 0 spiro atoms. The van der Waals surface area contributed by atoms with Crippen molar-refractivity contribution < 1.29 is 0 Å². The molecule has 0 bridgehead atoms. The van der Waals surface area contributed by atoms with Crippen LogP contribution in [0.15, 0.2) is 42.5 Å². The van der Waals surface area contributed by atoms with Gasteiger partial charge < -0.3 is 5.73 Å². The lowest BCUT2D eigenvalue weighted by Gasteiger charge is -2.19. The Hall–Kier alpha value is -1.47. The van der Waals surface area contributed by atoms with E-state index in [0.717, 1.165) is 11.1 Å². The fourth-order valence-corrected chi connectivity index (χ4v) is 2.00. The fourth-order valence-electron chi connectivity index (χ4n) is 1.89. The molecule has 0 heterocycles. The van der Waals surface area contributed by atoms with Crippen LogP contribution in [0.1, 0.15) is 26.3 Å². The van der Waals surface area contributed by atoms with Crippen LogP contribution in [0, 0.1) is 0 Å². The van der Waals surface area contributed by atoms with Crippen LogP contribution in [0.3, 0.4) is 0 Å². The molecule has 2 N–H and O–H groups in total. The van der Waals surface area contributed by atoms with Crippen molar-refractivity contribution >= 4 is 17.3 Å². The van der Waals surface area contributed by atoms with Crippen LogP contribution in [-0.4, -0.2) is 0 Å². The third kappa shape index (κ3) is 2.68. The van der Waals surface area contributed by atoms with Crippen molar-refractivity contribution in [2.45, 2.75) is 26.2 Å². The number of nitrogen functional groups attached to an aromatic ring is 1. The molecule has 0 unspecified atom stereocenters. The molecule has 0 radical (unpaired) electrons. The van der Waals surface area contributed by atoms with Crippen LogP contribution in [-0.2, 0) is 5.41 Å². The first-order chi connectivity index (χ1) is 8.38. The van der Waals surface area contributed by atoms with E-state index in [1.165, 1.54) is 5.56 Å². The normalized spacial score (nSPS) is 11.6. The maximum atomic E-state index is 5.93. The van der Waals surface area contributed by atoms with E-state index in [1.807, 2.05) is 18.2 Å². The Morgan fingerprint density at radius 3 is 1.94 bits per heavy atom. The molecule has 2 heteroatoms. The monoisotopic (exact) mass is 259 g/mol. The van der Waals surface area contributed by atoms with Gasteiger partial charge in [0.05, 0.1) is 10.7 Å². The van der Waals surface area contributed by atoms with Crippen molar-refractivity contribution in [2.24, 2.45) is 0 Å². The zero-order valence-electron chi connectivity index (χ0n) is 11.0. The molecule has 0 aliphatic heterocycles. The van der Waals surface area contributed by atoms with E-state index >= 15 is 0 Å². The van der Waals surface area contributed by atoms with Gasteiger partial charge >= 0.3 is 0 Å². The molecule has 2 aromatic rings. The Labute approximate surface area is 114 Å². The number of benzene rings is 2. The first-order valence-electron chi connectivity index (χ1n) is 6.04. The quantitative estimate of drug-likeness (QED) is 0.725. The summed E-state index contributed by atoms with van der Waals surface area (Å²) in [6.45, 7) is 6.63. The Bertz CT molecular complexity index is 550. The largest absolute Gasteiger partial charge is 0.398 e. The summed E-state index contributed by atoms with van der Waals surface area (Å²) in [6, 6.07) is 14.3. The molecule has 0 aliphatic rings. The Balaban J connectivity index is 2.37. The zero-order chi connectivity index (χ0) is 13.3. The van der Waals surface area contributed by atoms with Crippen LogP contribution >= 0.6 is 11.6 Å². The number of hydrogen-bond acceptors (Lipinski definition) is 1. The topological polar surface area (TPSA) is 26.0 Å². The highest BCUT2D eigenvalue weighted by Gasteiger charge is 2.13. The van der Waals surface area contributed by atoms with E-state index in [9.17, 15) is 0 Å². The van der Waals surface area contributed by atoms with E-state index < -0.39 is 0 Å². The summed E-state index contributed by atoms with van der Waals surface area (Å²) in [5, 5.41) is 0.602. The van der Waals surface area contributed by atoms with E-state index in [-0.39, 0.29) is 5.41 Å². The minimum atomic E-state index is 0.178. The molecule has 0 atom stereocenters. The molecule has 0 saturated carbocycles. The van der Waals surface area contributed by atoms with Crippen molar-refractivity contribution in [1.29, 1.82) is 0 Å². The van der Waals surface area contributed by atoms with Crippen LogP contribution in [0.4, 0.5) is 5.69 Å². The maximum Gasteiger partial charge on any atom is 0.0635 e. The SMILES string of the molecule is CC(C)(C)c1ccc(-c2ccc(Cl)c(N)c2)cc1. The first-order valence-corrected chi connectivity index (χ1v) is 6.42. The summed E-state index contributed by atoms with van der Waals surface area (Å²) >= 11 is 5.93. The second-order valence-electron chi connectivity index (χ2n) is 5.56. The van der Waals surface area contributed by atoms with Crippen molar-refractivity contribution in [3.63, 3.8) is 0 Å². The lowest BCUT2D eigenvalue weighted by Crippen LogP contribution is -2.10. The zero-order valence-corrected chi connectivity index (χ0v) is 11.8. The summed E-state index contributed by atoms with van der Waals surface area (Å²) in [7, 11) is 0. The van der Waals surface area contributed by atoms with Crippen molar-refractivity contribution in [2.75, 3.05) is 5.73 Å². The Morgan fingerprint density at radius 1 is 0.889 bits per heavy atom. The van der Waals surface area contributed by atoms with Gasteiger partial charge in [0, 0.05) is 0 Å². The van der Waals surface area contributed by atoms with E-state index in [0.29, 0.717) is 10.7 Å². The number of hydrogen-bond donors (Lipinski definition) is 1. The smallest absolute Gasteiger partial charge is 0.0635 e. The second kappa shape index (κ2) is 4.66. The van der Waals surface area contributed by atoms with E-state index in [2.05, 4.69) is 45.0 Å². The Morgan fingerprint density at radius 2 is 1.44 bits per heavy atom. The molecule has 0 fully saturated rings. The van der Waals surface area contributed by atoms with Gasteiger partial charge in [-0.15, -0.1) is 0 Å². The molecule has 0 aliphatic carbocycles. The summed E-state index contributed by atoms with van der Waals surface area (Å²) in [5.41, 5.74) is 10.2. The van der Waals surface area contributed by atoms with Crippen molar-refractivity contribution in [3.8, 4) is 11.1 Å². The molecule has 18 heavy (non-hydrogen) atoms. The minimum absolute atomic E-state index is 0.178. The lowest BCUT2D eigenvalue weighted by molar-refractivity contribution is 0.590. The highest BCUT2D eigenvalue weighted by atomic mass is 35.5. The van der Waals surface area contributed by atoms with Gasteiger partial charge in [0.1, 0.15) is 0 Å². The summed E-state index contributed by atoms with van der Waals surface area (Å²) < 4.78 is 0. The third-order valence-corrected chi connectivity index (χ3v) is 3.42. The average molecular weight is 260 g/mol. The van der Waals surface area contributed by atoms with Gasteiger partial charge in [0.15, 0.2) is 0 Å². The number of rotatable bonds is 1. The molecular formula is C16H18ClN. The highest BCUT2D eigenvalue weighted by Crippen LogP contribution is 2.29. The molecule has 1 nitrogen and oxygen atoms in total. The maximum absolute atomic E-state index is 5.93. The number of anilines is 1. The number of halogens is 1. The van der Waals surface area contributed by atoms with Gasteiger partial charge in [0.25, 0.3) is 0 Å². The summed E-state index contributed by atoms with van der Waals surface area (Å²) in [4.78, 5) is 0. The predicted molar refractivity (Wildman–Crippen MR) is 80.0 cm³/mol. The van der Waals surface area contributed by atoms with Crippen LogP contribution in [0.25, 0.3) is 11.1 Å². The van der Waals surface area contributed by atoms with Gasteiger partial charge in [-0.2, -0.15) is 0 Å². The van der Waals surface area contributed by atoms with Gasteiger partial charge in [-0.3, -0.25) is 0 Å². The third-order valence-electron chi connectivity index (χ3n) is 3.08. The minimum Gasteiger partial charge on any atom is -0.398 e. The molecular weight excluding hydrogens is 242 g/mol. The summed E-state index contributed by atoms with van der Waals surface area (Å²) in [5.74, 6) is 0. The van der Waals surface area contributed by atoms with Crippen LogP contribution < -0.4 is 5.73 Å². The fraction of sp³-hybridized carbons (Fsp3) is 0.250. The van der Waals surface area contributed by atoms with Crippen molar-refractivity contribution in [1.82, 2.24) is 0 Å². The van der Waals surface area contributed by atoms with Crippen LogP contribution in [0.2, 0.25) is 5.02 Å². The molecule has 2 rings (SSSR count). The van der Waals surface area contributed by atoms with E-state index in [4.69, 9.17) is 17.3 Å². The molecule has 0 saturated heterocycles. The molecule has 94 valence electrons. The highest BCUT2D eigenvalue weighted by molar-refractivity contribution is 6.33.